The van der Waals surface area contributed by atoms with Gasteiger partial charge in [0.05, 0.1) is 0 Å². The summed E-state index contributed by atoms with van der Waals surface area (Å²) < 4.78 is 0. The van der Waals surface area contributed by atoms with E-state index in [1.54, 1.807) is 0 Å². The second kappa shape index (κ2) is 3.35. The molecule has 0 aromatic heterocycles. The normalized spacial score (nSPS) is 33.0. The average Bonchev–Trinajstić information content (AvgIpc) is 2.39. The van der Waals surface area contributed by atoms with Gasteiger partial charge < -0.3 is 10.6 Å². The summed E-state index contributed by atoms with van der Waals surface area (Å²) in [6.07, 6.45) is 3.92. The first-order chi connectivity index (χ1) is 4.83. The van der Waals surface area contributed by atoms with Crippen LogP contribution in [0.2, 0.25) is 0 Å². The lowest BCUT2D eigenvalue weighted by atomic mass is 9.94. The second-order valence-corrected chi connectivity index (χ2v) is 3.19. The second-order valence-electron chi connectivity index (χ2n) is 3.19. The molecule has 60 valence electrons. The molecule has 2 N–H and O–H groups in total. The standard InChI is InChI=1S/C8H18N2/c1-3-8(7-9-2)5-4-6-10-8/h9-10H,3-7H2,1-2H3. The van der Waals surface area contributed by atoms with E-state index in [0.29, 0.717) is 5.54 Å². The van der Waals surface area contributed by atoms with Crippen LogP contribution >= 0.6 is 0 Å². The SMILES string of the molecule is CCC1(CNC)CCCN1. The van der Waals surface area contributed by atoms with E-state index in [9.17, 15) is 0 Å². The third-order valence-electron chi connectivity index (χ3n) is 2.52. The molecule has 2 heteroatoms. The molecule has 2 nitrogen and oxygen atoms in total. The van der Waals surface area contributed by atoms with Crippen molar-refractivity contribution in [1.29, 1.82) is 0 Å². The largest absolute Gasteiger partial charge is 0.318 e. The van der Waals surface area contributed by atoms with E-state index in [-0.39, 0.29) is 0 Å². The molecule has 1 saturated heterocycles. The van der Waals surface area contributed by atoms with E-state index in [1.807, 2.05) is 7.05 Å². The van der Waals surface area contributed by atoms with E-state index in [1.165, 1.54) is 25.8 Å². The average molecular weight is 142 g/mol. The molecule has 0 bridgehead atoms. The van der Waals surface area contributed by atoms with Crippen LogP contribution in [0, 0.1) is 0 Å². The van der Waals surface area contributed by atoms with Crippen molar-refractivity contribution in [2.45, 2.75) is 31.7 Å². The summed E-state index contributed by atoms with van der Waals surface area (Å²) in [6.45, 7) is 4.58. The summed E-state index contributed by atoms with van der Waals surface area (Å²) >= 11 is 0. The Kier molecular flexibility index (Phi) is 2.69. The Labute approximate surface area is 63.4 Å². The van der Waals surface area contributed by atoms with Crippen LogP contribution in [-0.2, 0) is 0 Å². The molecule has 1 aliphatic rings. The Hall–Kier alpha value is -0.0800. The van der Waals surface area contributed by atoms with Crippen LogP contribution < -0.4 is 10.6 Å². The minimum absolute atomic E-state index is 0.425. The number of likely N-dealkylation sites (N-methyl/N-ethyl adjacent to an activating group) is 1. The fourth-order valence-corrected chi connectivity index (χ4v) is 1.78. The zero-order valence-electron chi connectivity index (χ0n) is 7.04. The summed E-state index contributed by atoms with van der Waals surface area (Å²) in [5.74, 6) is 0. The van der Waals surface area contributed by atoms with Gasteiger partial charge in [-0.15, -0.1) is 0 Å². The van der Waals surface area contributed by atoms with Crippen molar-refractivity contribution in [3.8, 4) is 0 Å². The lowest BCUT2D eigenvalue weighted by Gasteiger charge is -2.27. The summed E-state index contributed by atoms with van der Waals surface area (Å²) in [7, 11) is 2.03. The smallest absolute Gasteiger partial charge is 0.0304 e. The van der Waals surface area contributed by atoms with Gasteiger partial charge in [-0.3, -0.25) is 0 Å². The topological polar surface area (TPSA) is 24.1 Å². The van der Waals surface area contributed by atoms with Gasteiger partial charge in [0, 0.05) is 12.1 Å². The molecule has 1 aliphatic heterocycles. The van der Waals surface area contributed by atoms with Crippen molar-refractivity contribution in [2.24, 2.45) is 0 Å². The molecular formula is C8H18N2. The van der Waals surface area contributed by atoms with Crippen LogP contribution in [0.3, 0.4) is 0 Å². The van der Waals surface area contributed by atoms with Gasteiger partial charge in [-0.25, -0.2) is 0 Å². The molecule has 0 saturated carbocycles. The highest BCUT2D eigenvalue weighted by Gasteiger charge is 2.29. The fourth-order valence-electron chi connectivity index (χ4n) is 1.78. The zero-order valence-corrected chi connectivity index (χ0v) is 7.04. The van der Waals surface area contributed by atoms with Crippen LogP contribution in [-0.4, -0.2) is 25.7 Å². The Bertz CT molecular complexity index is 95.4. The number of hydrogen-bond acceptors (Lipinski definition) is 2. The van der Waals surface area contributed by atoms with Gasteiger partial charge in [0.25, 0.3) is 0 Å². The molecule has 1 rings (SSSR count). The van der Waals surface area contributed by atoms with Gasteiger partial charge in [0.15, 0.2) is 0 Å². The zero-order chi connectivity index (χ0) is 7.45. The van der Waals surface area contributed by atoms with Gasteiger partial charge in [0.2, 0.25) is 0 Å². The van der Waals surface area contributed by atoms with E-state index in [2.05, 4.69) is 17.6 Å². The van der Waals surface area contributed by atoms with Crippen molar-refractivity contribution in [1.82, 2.24) is 10.6 Å². The Morgan fingerprint density at radius 1 is 1.60 bits per heavy atom. The molecule has 1 heterocycles. The fraction of sp³-hybridized carbons (Fsp3) is 1.00. The predicted octanol–water partition coefficient (Wildman–Crippen LogP) is 0.738. The van der Waals surface area contributed by atoms with Crippen molar-refractivity contribution in [3.05, 3.63) is 0 Å². The molecule has 0 aromatic rings. The summed E-state index contributed by atoms with van der Waals surface area (Å²) in [5.41, 5.74) is 0.425. The number of rotatable bonds is 3. The molecule has 1 fully saturated rings. The van der Waals surface area contributed by atoms with Crippen LogP contribution in [0.15, 0.2) is 0 Å². The highest BCUT2D eigenvalue weighted by Crippen LogP contribution is 2.21. The van der Waals surface area contributed by atoms with Crippen LogP contribution in [0.4, 0.5) is 0 Å². The first-order valence-corrected chi connectivity index (χ1v) is 4.22. The number of nitrogens with one attached hydrogen (secondary N) is 2. The third-order valence-corrected chi connectivity index (χ3v) is 2.52. The predicted molar refractivity (Wildman–Crippen MR) is 44.2 cm³/mol. The van der Waals surface area contributed by atoms with Crippen LogP contribution in [0.25, 0.3) is 0 Å². The molecular weight excluding hydrogens is 124 g/mol. The maximum Gasteiger partial charge on any atom is 0.0304 e. The van der Waals surface area contributed by atoms with Crippen molar-refractivity contribution >= 4 is 0 Å². The monoisotopic (exact) mass is 142 g/mol. The Morgan fingerprint density at radius 3 is 2.80 bits per heavy atom. The number of hydrogen-bond donors (Lipinski definition) is 2. The van der Waals surface area contributed by atoms with Gasteiger partial charge in [-0.1, -0.05) is 6.92 Å². The van der Waals surface area contributed by atoms with E-state index < -0.39 is 0 Å². The molecule has 1 atom stereocenters. The lowest BCUT2D eigenvalue weighted by molar-refractivity contribution is 0.350. The van der Waals surface area contributed by atoms with Crippen LogP contribution in [0.5, 0.6) is 0 Å². The maximum atomic E-state index is 3.56. The minimum atomic E-state index is 0.425. The van der Waals surface area contributed by atoms with E-state index in [4.69, 9.17) is 0 Å². The van der Waals surface area contributed by atoms with E-state index in [0.717, 1.165) is 6.54 Å². The van der Waals surface area contributed by atoms with Gasteiger partial charge in [0.1, 0.15) is 0 Å². The summed E-state index contributed by atoms with van der Waals surface area (Å²) in [6, 6.07) is 0. The Balaban J connectivity index is 2.41. The van der Waals surface area contributed by atoms with Gasteiger partial charge in [-0.05, 0) is 32.9 Å². The summed E-state index contributed by atoms with van der Waals surface area (Å²) in [5, 5.41) is 6.80. The first-order valence-electron chi connectivity index (χ1n) is 4.22. The molecule has 0 radical (unpaired) electrons. The van der Waals surface area contributed by atoms with Crippen LogP contribution in [0.1, 0.15) is 26.2 Å². The van der Waals surface area contributed by atoms with Gasteiger partial charge in [-0.2, -0.15) is 0 Å². The quantitative estimate of drug-likeness (QED) is 0.607. The van der Waals surface area contributed by atoms with Crippen molar-refractivity contribution in [2.75, 3.05) is 20.1 Å². The Morgan fingerprint density at radius 2 is 2.40 bits per heavy atom. The first kappa shape index (κ1) is 8.02. The molecule has 10 heavy (non-hydrogen) atoms. The molecule has 1 unspecified atom stereocenters. The van der Waals surface area contributed by atoms with E-state index >= 15 is 0 Å². The molecule has 0 aromatic carbocycles. The highest BCUT2D eigenvalue weighted by molar-refractivity contribution is 4.93. The lowest BCUT2D eigenvalue weighted by Crippen LogP contribution is -2.46. The van der Waals surface area contributed by atoms with Gasteiger partial charge >= 0.3 is 0 Å². The van der Waals surface area contributed by atoms with Crippen molar-refractivity contribution in [3.63, 3.8) is 0 Å². The minimum Gasteiger partial charge on any atom is -0.318 e. The third kappa shape index (κ3) is 1.50. The molecule has 0 aliphatic carbocycles. The molecule has 0 amide bonds. The highest BCUT2D eigenvalue weighted by atomic mass is 15.0. The summed E-state index contributed by atoms with van der Waals surface area (Å²) in [4.78, 5) is 0. The van der Waals surface area contributed by atoms with Crippen molar-refractivity contribution < 1.29 is 0 Å². The maximum absolute atomic E-state index is 3.56. The molecule has 0 spiro atoms.